The molecule has 19 heavy (non-hydrogen) atoms. The number of carbonyl (C=O) groups is 1. The first-order chi connectivity index (χ1) is 9.00. The summed E-state index contributed by atoms with van der Waals surface area (Å²) in [5, 5.41) is 3.47. The SMILES string of the molecule is CC1CCCN(C(=O)N2CC3CNCC3C2(C)C)C1. The van der Waals surface area contributed by atoms with Crippen molar-refractivity contribution in [3.63, 3.8) is 0 Å². The van der Waals surface area contributed by atoms with Gasteiger partial charge < -0.3 is 15.1 Å². The number of nitrogens with zero attached hydrogens (tertiary/aromatic N) is 2. The second-order valence-corrected chi connectivity index (χ2v) is 7.27. The van der Waals surface area contributed by atoms with Crippen molar-refractivity contribution in [3.8, 4) is 0 Å². The van der Waals surface area contributed by atoms with Crippen LogP contribution in [0.25, 0.3) is 0 Å². The third-order valence-electron chi connectivity index (χ3n) is 5.52. The minimum absolute atomic E-state index is 0.00589. The monoisotopic (exact) mass is 265 g/mol. The van der Waals surface area contributed by atoms with Gasteiger partial charge in [0.05, 0.1) is 0 Å². The first-order valence-corrected chi connectivity index (χ1v) is 7.77. The Labute approximate surface area is 116 Å². The Morgan fingerprint density at radius 3 is 2.74 bits per heavy atom. The summed E-state index contributed by atoms with van der Waals surface area (Å²) in [5.74, 6) is 1.93. The molecule has 3 heterocycles. The molecule has 3 unspecified atom stereocenters. The molecule has 1 N–H and O–H groups in total. The lowest BCUT2D eigenvalue weighted by atomic mass is 9.85. The van der Waals surface area contributed by atoms with Crippen LogP contribution in [0.4, 0.5) is 4.79 Å². The lowest BCUT2D eigenvalue weighted by molar-refractivity contribution is 0.0976. The van der Waals surface area contributed by atoms with Gasteiger partial charge in [0.15, 0.2) is 0 Å². The number of nitrogens with one attached hydrogen (secondary N) is 1. The lowest BCUT2D eigenvalue weighted by Crippen LogP contribution is -2.54. The smallest absolute Gasteiger partial charge is 0.320 e. The zero-order chi connectivity index (χ0) is 13.6. The molecular weight excluding hydrogens is 238 g/mol. The van der Waals surface area contributed by atoms with E-state index < -0.39 is 0 Å². The molecule has 0 saturated carbocycles. The molecule has 3 fully saturated rings. The first kappa shape index (κ1) is 13.2. The Hall–Kier alpha value is -0.770. The molecule has 0 aliphatic carbocycles. The van der Waals surface area contributed by atoms with Crippen molar-refractivity contribution >= 4 is 6.03 Å². The number of hydrogen-bond donors (Lipinski definition) is 1. The zero-order valence-corrected chi connectivity index (χ0v) is 12.5. The molecule has 0 spiro atoms. The minimum atomic E-state index is 0.00589. The number of rotatable bonds is 0. The summed E-state index contributed by atoms with van der Waals surface area (Å²) >= 11 is 0. The quantitative estimate of drug-likeness (QED) is 0.724. The number of hydrogen-bond acceptors (Lipinski definition) is 2. The van der Waals surface area contributed by atoms with Gasteiger partial charge in [-0.25, -0.2) is 4.79 Å². The second-order valence-electron chi connectivity index (χ2n) is 7.27. The number of carbonyl (C=O) groups excluding carboxylic acids is 1. The van der Waals surface area contributed by atoms with E-state index in [1.165, 1.54) is 6.42 Å². The third-order valence-corrected chi connectivity index (χ3v) is 5.52. The average molecular weight is 265 g/mol. The van der Waals surface area contributed by atoms with Crippen LogP contribution in [-0.4, -0.2) is 54.1 Å². The van der Waals surface area contributed by atoms with Gasteiger partial charge in [-0.15, -0.1) is 0 Å². The summed E-state index contributed by atoms with van der Waals surface area (Å²) in [7, 11) is 0. The van der Waals surface area contributed by atoms with E-state index in [9.17, 15) is 4.79 Å². The molecule has 0 aromatic carbocycles. The summed E-state index contributed by atoms with van der Waals surface area (Å²) in [6.45, 7) is 11.7. The highest BCUT2D eigenvalue weighted by Crippen LogP contribution is 2.41. The van der Waals surface area contributed by atoms with E-state index in [1.807, 2.05) is 0 Å². The Bertz CT molecular complexity index is 368. The normalized spacial score (nSPS) is 37.5. The predicted molar refractivity (Wildman–Crippen MR) is 76.0 cm³/mol. The van der Waals surface area contributed by atoms with E-state index in [-0.39, 0.29) is 11.6 Å². The maximum absolute atomic E-state index is 12.8. The fraction of sp³-hybridized carbons (Fsp3) is 0.933. The van der Waals surface area contributed by atoms with Gasteiger partial charge in [-0.2, -0.15) is 0 Å². The standard InChI is InChI=1S/C15H27N3O/c1-11-5-4-6-17(9-11)14(19)18-10-12-7-16-8-13(12)15(18,2)3/h11-13,16H,4-10H2,1-3H3. The largest absolute Gasteiger partial charge is 0.324 e. The van der Waals surface area contributed by atoms with Gasteiger partial charge in [-0.05, 0) is 44.4 Å². The number of amides is 2. The van der Waals surface area contributed by atoms with Crippen LogP contribution >= 0.6 is 0 Å². The highest BCUT2D eigenvalue weighted by molar-refractivity contribution is 5.76. The van der Waals surface area contributed by atoms with E-state index >= 15 is 0 Å². The Morgan fingerprint density at radius 2 is 2.05 bits per heavy atom. The maximum atomic E-state index is 12.8. The summed E-state index contributed by atoms with van der Waals surface area (Å²) in [5.41, 5.74) is 0.00589. The van der Waals surface area contributed by atoms with Gasteiger partial charge in [0.25, 0.3) is 0 Å². The third kappa shape index (κ3) is 2.14. The van der Waals surface area contributed by atoms with E-state index in [0.29, 0.717) is 17.8 Å². The van der Waals surface area contributed by atoms with Gasteiger partial charge in [0, 0.05) is 38.3 Å². The van der Waals surface area contributed by atoms with Gasteiger partial charge >= 0.3 is 6.03 Å². The Kier molecular flexibility index (Phi) is 3.24. The van der Waals surface area contributed by atoms with Crippen LogP contribution in [0, 0.1) is 17.8 Å². The molecule has 3 rings (SSSR count). The van der Waals surface area contributed by atoms with Crippen LogP contribution in [0.3, 0.4) is 0 Å². The van der Waals surface area contributed by atoms with Crippen molar-refractivity contribution in [2.75, 3.05) is 32.7 Å². The van der Waals surface area contributed by atoms with Crippen LogP contribution in [0.15, 0.2) is 0 Å². The molecule has 3 aliphatic heterocycles. The molecule has 108 valence electrons. The highest BCUT2D eigenvalue weighted by atomic mass is 16.2. The maximum Gasteiger partial charge on any atom is 0.320 e. The molecule has 0 radical (unpaired) electrons. The summed E-state index contributed by atoms with van der Waals surface area (Å²) in [6, 6.07) is 0.283. The van der Waals surface area contributed by atoms with Crippen molar-refractivity contribution in [2.45, 2.75) is 39.2 Å². The molecule has 3 saturated heterocycles. The molecule has 4 nitrogen and oxygen atoms in total. The topological polar surface area (TPSA) is 35.6 Å². The van der Waals surface area contributed by atoms with Crippen LogP contribution in [0.2, 0.25) is 0 Å². The summed E-state index contributed by atoms with van der Waals surface area (Å²) in [4.78, 5) is 17.1. The van der Waals surface area contributed by atoms with Gasteiger partial charge in [-0.1, -0.05) is 6.92 Å². The number of fused-ring (bicyclic) bond motifs is 1. The van der Waals surface area contributed by atoms with Gasteiger partial charge in [0.2, 0.25) is 0 Å². The van der Waals surface area contributed by atoms with E-state index in [0.717, 1.165) is 39.1 Å². The summed E-state index contributed by atoms with van der Waals surface area (Å²) in [6.07, 6.45) is 2.43. The van der Waals surface area contributed by atoms with Crippen LogP contribution in [0.1, 0.15) is 33.6 Å². The molecule has 0 aromatic rings. The fourth-order valence-corrected chi connectivity index (χ4v) is 4.28. The van der Waals surface area contributed by atoms with Crippen LogP contribution in [0.5, 0.6) is 0 Å². The van der Waals surface area contributed by atoms with Crippen molar-refractivity contribution in [2.24, 2.45) is 17.8 Å². The molecular formula is C15H27N3O. The average Bonchev–Trinajstić information content (AvgIpc) is 2.91. The van der Waals surface area contributed by atoms with Crippen molar-refractivity contribution in [1.82, 2.24) is 15.1 Å². The predicted octanol–water partition coefficient (Wildman–Crippen LogP) is 1.77. The zero-order valence-electron chi connectivity index (χ0n) is 12.5. The molecule has 2 amide bonds. The lowest BCUT2D eigenvalue weighted by Gasteiger charge is -2.41. The molecule has 3 atom stereocenters. The number of urea groups is 1. The van der Waals surface area contributed by atoms with E-state index in [1.54, 1.807) is 0 Å². The molecule has 4 heteroatoms. The van der Waals surface area contributed by atoms with E-state index in [4.69, 9.17) is 0 Å². The van der Waals surface area contributed by atoms with E-state index in [2.05, 4.69) is 35.9 Å². The van der Waals surface area contributed by atoms with Crippen LogP contribution in [-0.2, 0) is 0 Å². The number of likely N-dealkylation sites (tertiary alicyclic amines) is 2. The number of piperidine rings is 1. The highest BCUT2D eigenvalue weighted by Gasteiger charge is 2.52. The van der Waals surface area contributed by atoms with Crippen molar-refractivity contribution in [1.29, 1.82) is 0 Å². The minimum Gasteiger partial charge on any atom is -0.324 e. The van der Waals surface area contributed by atoms with Gasteiger partial charge in [-0.3, -0.25) is 0 Å². The van der Waals surface area contributed by atoms with Gasteiger partial charge in [0.1, 0.15) is 0 Å². The van der Waals surface area contributed by atoms with Crippen molar-refractivity contribution in [3.05, 3.63) is 0 Å². The molecule has 3 aliphatic rings. The summed E-state index contributed by atoms with van der Waals surface area (Å²) < 4.78 is 0. The van der Waals surface area contributed by atoms with Crippen molar-refractivity contribution < 1.29 is 4.79 Å². The Balaban J connectivity index is 1.73. The molecule has 0 aromatic heterocycles. The second kappa shape index (κ2) is 4.65. The Morgan fingerprint density at radius 1 is 1.26 bits per heavy atom. The fourth-order valence-electron chi connectivity index (χ4n) is 4.28. The first-order valence-electron chi connectivity index (χ1n) is 7.77. The van der Waals surface area contributed by atoms with Crippen LogP contribution < -0.4 is 5.32 Å². The molecule has 0 bridgehead atoms.